The Morgan fingerprint density at radius 1 is 0.357 bits per heavy atom. The summed E-state index contributed by atoms with van der Waals surface area (Å²) in [7, 11) is 0. The number of benzene rings is 4. The van der Waals surface area contributed by atoms with E-state index in [1.807, 2.05) is 98.8 Å². The first kappa shape index (κ1) is 85.1. The van der Waals surface area contributed by atoms with Gasteiger partial charge < -0.3 is 112 Å². The van der Waals surface area contributed by atoms with Gasteiger partial charge in [-0.3, -0.25) is 59.4 Å². The topological polar surface area (TPSA) is 574 Å². The van der Waals surface area contributed by atoms with E-state index in [1.165, 1.54) is 0 Å². The number of aromatic nitrogens is 4. The molecule has 10 atom stereocenters. The second kappa shape index (κ2) is 40.8. The van der Waals surface area contributed by atoms with E-state index in [1.54, 1.807) is 64.6 Å². The van der Waals surface area contributed by atoms with E-state index in [0.717, 1.165) is 10.9 Å². The number of aliphatic carboxylic acids is 1. The fourth-order valence-electron chi connectivity index (χ4n) is 13.4. The van der Waals surface area contributed by atoms with E-state index in [-0.39, 0.29) is 108 Å². The molecular formula is C78H107N23O11. The molecule has 0 aliphatic rings. The molecule has 0 spiro atoms. The van der Waals surface area contributed by atoms with Crippen molar-refractivity contribution in [3.8, 4) is 0 Å². The lowest BCUT2D eigenvalue weighted by atomic mass is 9.97. The zero-order valence-corrected chi connectivity index (χ0v) is 63.8. The maximum Gasteiger partial charge on any atom is 0.326 e. The summed E-state index contributed by atoms with van der Waals surface area (Å²) >= 11 is 0. The van der Waals surface area contributed by atoms with Crippen molar-refractivity contribution in [1.29, 1.82) is 16.2 Å². The molecule has 0 unspecified atom stereocenters. The smallest absolute Gasteiger partial charge is 0.326 e. The van der Waals surface area contributed by atoms with Crippen LogP contribution in [-0.4, -0.2) is 182 Å². The van der Waals surface area contributed by atoms with E-state index in [2.05, 4.69) is 83.7 Å². The van der Waals surface area contributed by atoms with E-state index in [9.17, 15) is 24.3 Å². The number of guanidine groups is 3. The predicted octanol–water partition coefficient (Wildman–Crippen LogP) is 1.81. The van der Waals surface area contributed by atoms with Crippen LogP contribution in [0.3, 0.4) is 0 Å². The van der Waals surface area contributed by atoms with Crippen LogP contribution < -0.4 is 86.7 Å². The van der Waals surface area contributed by atoms with Crippen LogP contribution in [-0.2, 0) is 73.6 Å². The fraction of sp³-hybridized carbons (Fsp3) is 0.423. The number of carbonyl (C=O) groups is 10. The van der Waals surface area contributed by atoms with Crippen molar-refractivity contribution < 1.29 is 53.1 Å². The van der Waals surface area contributed by atoms with Crippen LogP contribution in [0.15, 0.2) is 122 Å². The SMILES string of the molecule is CC(C)C[C@H](NC(=O)[C@@H](N)CCCNC(=N)N)C(=O)N[C@@H](Cc1c[nH]c2ccccc12)C(=O)N[C@H](C(=O)N[C@@H](Cc1c[nH]c2ccccc12)C(=O)N[C@@H](Cc1c[nH]c2ccccc12)C(=O)N[C@H](C(=O)N[C@@H](Cc1c[nH]c2ccccc12)C(=O)N[C@@H](CCCNC(=N)N)C(=O)N[C@@H](CCCNC(=N)N)C(=O)O)C(C)C)C(C)C. The van der Waals surface area contributed by atoms with Gasteiger partial charge in [0.15, 0.2) is 17.9 Å². The summed E-state index contributed by atoms with van der Waals surface area (Å²) in [6.45, 7) is 10.9. The third kappa shape index (κ3) is 24.5. The monoisotopic (exact) mass is 1540 g/mol. The maximum absolute atomic E-state index is 15.6. The van der Waals surface area contributed by atoms with Crippen molar-refractivity contribution in [2.24, 2.45) is 40.7 Å². The average molecular weight is 1540 g/mol. The summed E-state index contributed by atoms with van der Waals surface area (Å²) in [6, 6.07) is 15.5. The molecule has 9 amide bonds. The molecule has 34 nitrogen and oxygen atoms in total. The Morgan fingerprint density at radius 2 is 0.625 bits per heavy atom. The molecule has 112 heavy (non-hydrogen) atoms. The minimum Gasteiger partial charge on any atom is -0.480 e. The molecule has 28 N–H and O–H groups in total. The Morgan fingerprint density at radius 3 is 0.946 bits per heavy atom. The number of rotatable bonds is 43. The quantitative estimate of drug-likeness (QED) is 0.0147. The van der Waals surface area contributed by atoms with Crippen LogP contribution >= 0.6 is 0 Å². The van der Waals surface area contributed by atoms with Crippen LogP contribution in [0.2, 0.25) is 0 Å². The van der Waals surface area contributed by atoms with Crippen molar-refractivity contribution in [3.63, 3.8) is 0 Å². The number of carboxylic acids is 1. The third-order valence-electron chi connectivity index (χ3n) is 19.3. The molecule has 8 rings (SSSR count). The molecule has 600 valence electrons. The van der Waals surface area contributed by atoms with E-state index in [4.69, 9.17) is 39.2 Å². The molecule has 8 aromatic rings. The van der Waals surface area contributed by atoms with E-state index in [0.29, 0.717) is 61.4 Å². The summed E-state index contributed by atoms with van der Waals surface area (Å²) in [6.07, 6.45) is 7.05. The summed E-state index contributed by atoms with van der Waals surface area (Å²) < 4.78 is 0. The molecule has 4 heterocycles. The summed E-state index contributed by atoms with van der Waals surface area (Å²) in [5.74, 6) is -11.0. The van der Waals surface area contributed by atoms with Crippen LogP contribution in [0.1, 0.15) is 109 Å². The lowest BCUT2D eigenvalue weighted by Gasteiger charge is -2.30. The highest BCUT2D eigenvalue weighted by Gasteiger charge is 2.38. The second-order valence-electron chi connectivity index (χ2n) is 29.2. The number of amides is 9. The third-order valence-corrected chi connectivity index (χ3v) is 19.3. The van der Waals surface area contributed by atoms with Gasteiger partial charge in [-0.25, -0.2) is 4.79 Å². The molecule has 0 saturated heterocycles. The highest BCUT2D eigenvalue weighted by molar-refractivity contribution is 6.00. The number of nitrogens with two attached hydrogens (primary N) is 4. The fourth-order valence-corrected chi connectivity index (χ4v) is 13.4. The zero-order valence-electron chi connectivity index (χ0n) is 63.8. The number of carboxylic acid groups (broad SMARTS) is 1. The lowest BCUT2D eigenvalue weighted by Crippen LogP contribution is -2.62. The number of hydrogen-bond donors (Lipinski definition) is 24. The first-order valence-corrected chi connectivity index (χ1v) is 37.6. The standard InChI is InChI=1S/C78H107N23O11/c1-41(2)32-59(95-66(102)52(79)22-15-29-86-76(80)81)68(104)96-62(35-46-39-91-55-25-13-9-20-50(46)55)71(107)100-65(43(5)6)74(110)99-61(34-45-38-90-54-24-12-8-19-49(45)54)70(106)97-63(36-47-40-92-56-26-14-10-21-51(47)56)72(108)101-64(42(3)4)73(109)98-60(33-44-37-89-53-23-11-7-18-48(44)53)69(105)93-57(27-16-30-87-77(82)83)67(103)94-58(75(111)112)28-17-31-88-78(84)85/h7-14,18-21,23-26,37-43,52,57-65,89-92H,15-17,22,27-36,79H2,1-6H3,(H,93,105)(H,94,103)(H,95,102)(H,96,104)(H,97,106)(H,98,109)(H,99,110)(H,100,107)(H,101,108)(H,111,112)(H4,80,81,86)(H4,82,83,87)(H4,84,85,88)/t52-,57-,58-,59-,60-,61-,62-,63-,64-,65-/m0/s1. The number of nitrogens with one attached hydrogen (secondary N) is 19. The van der Waals surface area contributed by atoms with Gasteiger partial charge in [-0.1, -0.05) is 114 Å². The Balaban J connectivity index is 1.09. The van der Waals surface area contributed by atoms with Crippen molar-refractivity contribution >= 4 is 121 Å². The van der Waals surface area contributed by atoms with Crippen LogP contribution in [0.4, 0.5) is 0 Å². The van der Waals surface area contributed by atoms with Gasteiger partial charge in [-0.15, -0.1) is 0 Å². The van der Waals surface area contributed by atoms with Crippen molar-refractivity contribution in [2.75, 3.05) is 19.6 Å². The van der Waals surface area contributed by atoms with Crippen LogP contribution in [0.25, 0.3) is 43.6 Å². The van der Waals surface area contributed by atoms with Crippen LogP contribution in [0.5, 0.6) is 0 Å². The normalized spacial score (nSPS) is 14.1. The van der Waals surface area contributed by atoms with Gasteiger partial charge in [-0.2, -0.15) is 0 Å². The van der Waals surface area contributed by atoms with Gasteiger partial charge >= 0.3 is 5.97 Å². The molecule has 0 aliphatic heterocycles. The predicted molar refractivity (Wildman–Crippen MR) is 428 cm³/mol. The first-order valence-electron chi connectivity index (χ1n) is 37.6. The molecule has 4 aromatic carbocycles. The maximum atomic E-state index is 15.6. The molecule has 0 radical (unpaired) electrons. The number of para-hydroxylation sites is 4. The van der Waals surface area contributed by atoms with Crippen molar-refractivity contribution in [3.05, 3.63) is 144 Å². The molecular weight excluding hydrogens is 1440 g/mol. The molecule has 0 fully saturated rings. The number of H-pyrrole nitrogens is 4. The summed E-state index contributed by atoms with van der Waals surface area (Å²) in [5, 5.41) is 68.9. The number of carbonyl (C=O) groups excluding carboxylic acids is 9. The van der Waals surface area contributed by atoms with Crippen molar-refractivity contribution in [1.82, 2.24) is 83.7 Å². The number of aromatic amines is 4. The molecule has 34 heteroatoms. The Kier molecular flexibility index (Phi) is 31.0. The first-order chi connectivity index (χ1) is 53.4. The highest BCUT2D eigenvalue weighted by atomic mass is 16.4. The van der Waals surface area contributed by atoms with Gasteiger partial charge in [0.25, 0.3) is 0 Å². The molecule has 0 saturated carbocycles. The number of hydrogen-bond acceptors (Lipinski definition) is 14. The van der Waals surface area contributed by atoms with Gasteiger partial charge in [-0.05, 0) is 109 Å². The van der Waals surface area contributed by atoms with Crippen molar-refractivity contribution in [2.45, 2.75) is 173 Å². The van der Waals surface area contributed by atoms with E-state index < -0.39 is 131 Å². The van der Waals surface area contributed by atoms with Gasteiger partial charge in [0.05, 0.1) is 6.04 Å². The summed E-state index contributed by atoms with van der Waals surface area (Å²) in [5.41, 5.74) is 28.0. The Hall–Kier alpha value is -12.5. The minimum absolute atomic E-state index is 0.0847. The van der Waals surface area contributed by atoms with Gasteiger partial charge in [0.2, 0.25) is 53.2 Å². The molecule has 0 bridgehead atoms. The van der Waals surface area contributed by atoms with Gasteiger partial charge in [0, 0.05) is 114 Å². The highest BCUT2D eigenvalue weighted by Crippen LogP contribution is 2.25. The lowest BCUT2D eigenvalue weighted by molar-refractivity contribution is -0.142. The summed E-state index contributed by atoms with van der Waals surface area (Å²) in [4.78, 5) is 160. The molecule has 4 aromatic heterocycles. The number of fused-ring (bicyclic) bond motifs is 4. The minimum atomic E-state index is -1.50. The Bertz CT molecular complexity index is 4640. The zero-order chi connectivity index (χ0) is 81.3. The van der Waals surface area contributed by atoms with Crippen LogP contribution in [0, 0.1) is 34.0 Å². The van der Waals surface area contributed by atoms with E-state index >= 15 is 28.8 Å². The second-order valence-corrected chi connectivity index (χ2v) is 29.2. The largest absolute Gasteiger partial charge is 0.480 e. The molecule has 0 aliphatic carbocycles. The Labute approximate surface area is 647 Å². The average Bonchev–Trinajstić information content (AvgIpc) is 1.65. The van der Waals surface area contributed by atoms with Gasteiger partial charge in [0.1, 0.15) is 54.4 Å².